The molecule has 124 valence electrons. The number of nitrogens with one attached hydrogen (secondary N) is 2. The van der Waals surface area contributed by atoms with Crippen LogP contribution in [-0.4, -0.2) is 18.9 Å². The molecule has 1 unspecified atom stereocenters. The number of anilines is 1. The smallest absolute Gasteiger partial charge is 0.251 e. The van der Waals surface area contributed by atoms with Crippen molar-refractivity contribution in [1.82, 2.24) is 5.32 Å². The zero-order valence-electron chi connectivity index (χ0n) is 13.4. The zero-order chi connectivity index (χ0) is 17.1. The van der Waals surface area contributed by atoms with E-state index in [0.29, 0.717) is 16.3 Å². The molecule has 0 fully saturated rings. The summed E-state index contributed by atoms with van der Waals surface area (Å²) < 4.78 is 0. The summed E-state index contributed by atoms with van der Waals surface area (Å²) >= 11 is 6.18. The molecule has 0 aromatic heterocycles. The molecule has 1 atom stereocenters. The van der Waals surface area contributed by atoms with Gasteiger partial charge in [-0.3, -0.25) is 9.59 Å². The summed E-state index contributed by atoms with van der Waals surface area (Å²) in [5.41, 5.74) is 3.24. The monoisotopic (exact) mass is 342 g/mol. The highest BCUT2D eigenvalue weighted by Gasteiger charge is 2.26. The van der Waals surface area contributed by atoms with E-state index >= 15 is 0 Å². The maximum Gasteiger partial charge on any atom is 0.251 e. The Hall–Kier alpha value is -2.33. The Labute approximate surface area is 146 Å². The molecule has 0 saturated heterocycles. The Kier molecular flexibility index (Phi) is 4.86. The minimum Gasteiger partial charge on any atom is -0.355 e. The lowest BCUT2D eigenvalue weighted by Crippen LogP contribution is -2.25. The molecule has 24 heavy (non-hydrogen) atoms. The van der Waals surface area contributed by atoms with E-state index in [-0.39, 0.29) is 17.7 Å². The van der Waals surface area contributed by atoms with Crippen molar-refractivity contribution in [2.24, 2.45) is 0 Å². The van der Waals surface area contributed by atoms with Gasteiger partial charge in [0.25, 0.3) is 5.91 Å². The van der Waals surface area contributed by atoms with E-state index in [1.807, 2.05) is 18.2 Å². The van der Waals surface area contributed by atoms with Gasteiger partial charge in [0.05, 0.1) is 16.6 Å². The fraction of sp³-hybridized carbons (Fsp3) is 0.263. The van der Waals surface area contributed by atoms with Crippen LogP contribution in [-0.2, 0) is 11.2 Å². The average molecular weight is 343 g/mol. The molecule has 0 bridgehead atoms. The van der Waals surface area contributed by atoms with Crippen LogP contribution in [0.4, 0.5) is 5.69 Å². The summed E-state index contributed by atoms with van der Waals surface area (Å²) in [7, 11) is 1.56. The first-order valence-electron chi connectivity index (χ1n) is 8.00. The van der Waals surface area contributed by atoms with E-state index in [4.69, 9.17) is 11.6 Å². The van der Waals surface area contributed by atoms with Crippen molar-refractivity contribution in [3.05, 3.63) is 64.2 Å². The fourth-order valence-corrected chi connectivity index (χ4v) is 3.32. The summed E-state index contributed by atoms with van der Waals surface area (Å²) in [6.45, 7) is 0. The number of hydrogen-bond acceptors (Lipinski definition) is 2. The third-order valence-corrected chi connectivity index (χ3v) is 4.73. The van der Waals surface area contributed by atoms with Crippen LogP contribution in [0.15, 0.2) is 42.5 Å². The Bertz CT molecular complexity index is 789. The van der Waals surface area contributed by atoms with Crippen LogP contribution in [0, 0.1) is 0 Å². The number of carbonyl (C=O) groups excluding carboxylic acids is 2. The molecule has 0 aliphatic heterocycles. The van der Waals surface area contributed by atoms with Crippen molar-refractivity contribution in [3.8, 4) is 0 Å². The van der Waals surface area contributed by atoms with Gasteiger partial charge in [0.2, 0.25) is 5.91 Å². The zero-order valence-corrected chi connectivity index (χ0v) is 14.2. The molecule has 0 radical (unpaired) electrons. The number of amides is 2. The van der Waals surface area contributed by atoms with Gasteiger partial charge < -0.3 is 10.6 Å². The van der Waals surface area contributed by atoms with E-state index in [0.717, 1.165) is 24.8 Å². The summed E-state index contributed by atoms with van der Waals surface area (Å²) in [6.07, 6.45) is 2.81. The minimum absolute atomic E-state index is 0.0851. The van der Waals surface area contributed by atoms with E-state index < -0.39 is 0 Å². The molecule has 2 amide bonds. The molecule has 2 aromatic carbocycles. The lowest BCUT2D eigenvalue weighted by molar-refractivity contribution is -0.117. The van der Waals surface area contributed by atoms with Crippen LogP contribution in [0.5, 0.6) is 0 Å². The van der Waals surface area contributed by atoms with Crippen LogP contribution in [0.1, 0.15) is 40.2 Å². The summed E-state index contributed by atoms with van der Waals surface area (Å²) in [5.74, 6) is -0.488. The topological polar surface area (TPSA) is 58.2 Å². The van der Waals surface area contributed by atoms with Crippen LogP contribution in [0.2, 0.25) is 5.02 Å². The summed E-state index contributed by atoms with van der Waals surface area (Å²) in [6, 6.07) is 12.9. The number of hydrogen-bond donors (Lipinski definition) is 2. The number of carbonyl (C=O) groups is 2. The second kappa shape index (κ2) is 7.05. The van der Waals surface area contributed by atoms with Crippen molar-refractivity contribution < 1.29 is 9.59 Å². The molecule has 1 aliphatic rings. The van der Waals surface area contributed by atoms with Gasteiger partial charge in [0.15, 0.2) is 0 Å². The molecule has 0 spiro atoms. The number of aryl methyl sites for hydroxylation is 1. The van der Waals surface area contributed by atoms with Crippen LogP contribution < -0.4 is 10.6 Å². The van der Waals surface area contributed by atoms with E-state index in [2.05, 4.69) is 16.7 Å². The highest BCUT2D eigenvalue weighted by atomic mass is 35.5. The first-order chi connectivity index (χ1) is 11.6. The second-order valence-electron chi connectivity index (χ2n) is 5.91. The van der Waals surface area contributed by atoms with E-state index in [9.17, 15) is 9.59 Å². The van der Waals surface area contributed by atoms with Gasteiger partial charge in [-0.1, -0.05) is 35.9 Å². The molecule has 1 aliphatic carbocycles. The van der Waals surface area contributed by atoms with Crippen molar-refractivity contribution in [3.63, 3.8) is 0 Å². The van der Waals surface area contributed by atoms with Crippen molar-refractivity contribution in [2.75, 3.05) is 12.4 Å². The predicted octanol–water partition coefficient (Wildman–Crippen LogP) is 3.76. The molecule has 2 aromatic rings. The largest absolute Gasteiger partial charge is 0.355 e. The highest BCUT2D eigenvalue weighted by Crippen LogP contribution is 2.33. The first kappa shape index (κ1) is 16.5. The summed E-state index contributed by atoms with van der Waals surface area (Å²) in [4.78, 5) is 24.5. The predicted molar refractivity (Wildman–Crippen MR) is 95.6 cm³/mol. The normalized spacial score (nSPS) is 16.2. The standard InChI is InChI=1S/C19H19ClN2O2/c1-21-18(23)13-9-10-16(20)17(11-13)22-19(24)15-8-4-6-12-5-2-3-7-14(12)15/h2-3,5,7,9-11,15H,4,6,8H2,1H3,(H,21,23)(H,22,24). The van der Waals surface area contributed by atoms with Gasteiger partial charge in [-0.05, 0) is 48.6 Å². The molecule has 2 N–H and O–H groups in total. The van der Waals surface area contributed by atoms with Crippen molar-refractivity contribution in [1.29, 1.82) is 0 Å². The first-order valence-corrected chi connectivity index (χ1v) is 8.38. The maximum atomic E-state index is 12.8. The van der Waals surface area contributed by atoms with Crippen LogP contribution in [0.3, 0.4) is 0 Å². The second-order valence-corrected chi connectivity index (χ2v) is 6.31. The van der Waals surface area contributed by atoms with Gasteiger partial charge in [-0.15, -0.1) is 0 Å². The third-order valence-electron chi connectivity index (χ3n) is 4.40. The van der Waals surface area contributed by atoms with Gasteiger partial charge in [0.1, 0.15) is 0 Å². The summed E-state index contributed by atoms with van der Waals surface area (Å²) in [5, 5.41) is 5.87. The van der Waals surface area contributed by atoms with Gasteiger partial charge in [-0.25, -0.2) is 0 Å². The maximum absolute atomic E-state index is 12.8. The molecule has 5 heteroatoms. The van der Waals surface area contributed by atoms with Crippen LogP contribution >= 0.6 is 11.6 Å². The number of rotatable bonds is 3. The molecular formula is C19H19ClN2O2. The Morgan fingerprint density at radius 1 is 1.17 bits per heavy atom. The number of benzene rings is 2. The highest BCUT2D eigenvalue weighted by molar-refractivity contribution is 6.34. The average Bonchev–Trinajstić information content (AvgIpc) is 2.62. The quantitative estimate of drug-likeness (QED) is 0.892. The Morgan fingerprint density at radius 3 is 2.75 bits per heavy atom. The van der Waals surface area contributed by atoms with Crippen LogP contribution in [0.25, 0.3) is 0 Å². The van der Waals surface area contributed by atoms with E-state index in [1.54, 1.807) is 25.2 Å². The van der Waals surface area contributed by atoms with E-state index in [1.165, 1.54) is 5.56 Å². The Morgan fingerprint density at radius 2 is 1.96 bits per heavy atom. The molecule has 0 heterocycles. The Balaban J connectivity index is 1.85. The number of fused-ring (bicyclic) bond motifs is 1. The molecule has 4 nitrogen and oxygen atoms in total. The van der Waals surface area contributed by atoms with Crippen molar-refractivity contribution in [2.45, 2.75) is 25.2 Å². The lowest BCUT2D eigenvalue weighted by Gasteiger charge is -2.24. The molecule has 3 rings (SSSR count). The SMILES string of the molecule is CNC(=O)c1ccc(Cl)c(NC(=O)C2CCCc3ccccc32)c1. The van der Waals surface area contributed by atoms with Gasteiger partial charge >= 0.3 is 0 Å². The molecular weight excluding hydrogens is 324 g/mol. The van der Waals surface area contributed by atoms with Gasteiger partial charge in [0, 0.05) is 12.6 Å². The minimum atomic E-state index is -0.217. The number of halogens is 1. The van der Waals surface area contributed by atoms with Gasteiger partial charge in [-0.2, -0.15) is 0 Å². The lowest BCUT2D eigenvalue weighted by atomic mass is 9.82. The molecule has 0 saturated carbocycles. The fourth-order valence-electron chi connectivity index (χ4n) is 3.15. The van der Waals surface area contributed by atoms with Crippen molar-refractivity contribution >= 4 is 29.1 Å². The third kappa shape index (κ3) is 3.29.